The first-order chi connectivity index (χ1) is 11.2. The summed E-state index contributed by atoms with van der Waals surface area (Å²) in [6.07, 6.45) is 2.17. The van der Waals surface area contributed by atoms with E-state index in [0.29, 0.717) is 6.54 Å². The SMILES string of the molecule is CCc1ccc(N2CC(O)(c3cccs3)[N+]3=C2SCCC3)cc1.[Br-]. The number of anilines is 1. The summed E-state index contributed by atoms with van der Waals surface area (Å²) in [4.78, 5) is 3.31. The van der Waals surface area contributed by atoms with E-state index in [0.717, 1.165) is 30.0 Å². The van der Waals surface area contributed by atoms with Gasteiger partial charge >= 0.3 is 5.17 Å². The van der Waals surface area contributed by atoms with Crippen molar-refractivity contribution < 1.29 is 26.7 Å². The van der Waals surface area contributed by atoms with Crippen LogP contribution in [0.25, 0.3) is 0 Å². The predicted molar refractivity (Wildman–Crippen MR) is 98.6 cm³/mol. The van der Waals surface area contributed by atoms with Crippen molar-refractivity contribution in [1.82, 2.24) is 0 Å². The first-order valence-corrected chi connectivity index (χ1v) is 9.99. The van der Waals surface area contributed by atoms with E-state index in [9.17, 15) is 5.11 Å². The van der Waals surface area contributed by atoms with Crippen molar-refractivity contribution in [2.45, 2.75) is 25.5 Å². The maximum absolute atomic E-state index is 11.4. The van der Waals surface area contributed by atoms with E-state index in [1.807, 2.05) is 29.3 Å². The Balaban J connectivity index is 0.00000169. The minimum Gasteiger partial charge on any atom is -1.00 e. The van der Waals surface area contributed by atoms with Crippen LogP contribution >= 0.6 is 23.1 Å². The van der Waals surface area contributed by atoms with Crippen LogP contribution in [0.15, 0.2) is 41.8 Å². The molecule has 0 radical (unpaired) electrons. The van der Waals surface area contributed by atoms with Crippen molar-refractivity contribution in [1.29, 1.82) is 0 Å². The van der Waals surface area contributed by atoms with Gasteiger partial charge in [0.1, 0.15) is 5.69 Å². The molecule has 0 aliphatic carbocycles. The molecule has 2 aromatic rings. The van der Waals surface area contributed by atoms with Crippen LogP contribution in [0.3, 0.4) is 0 Å². The standard InChI is InChI=1S/C18H21N2OS2.BrH/c1-2-14-6-8-15(9-7-14)19-13-18(21,16-5-3-11-22-16)20-10-4-12-23-17(19)20;/h3,5-9,11,21H,2,4,10,12-13H2,1H3;1H/q+1;/p-1. The molecule has 1 aromatic heterocycles. The Morgan fingerprint density at radius 3 is 2.71 bits per heavy atom. The Kier molecular flexibility index (Phi) is 5.39. The second-order valence-electron chi connectivity index (χ2n) is 6.04. The van der Waals surface area contributed by atoms with Gasteiger partial charge in [-0.1, -0.05) is 25.1 Å². The molecule has 3 nitrogen and oxygen atoms in total. The zero-order valence-corrected chi connectivity index (χ0v) is 16.8. The average molecular weight is 425 g/mol. The number of rotatable bonds is 3. The molecule has 6 heteroatoms. The van der Waals surface area contributed by atoms with Gasteiger partial charge in [-0.15, -0.1) is 11.3 Å². The van der Waals surface area contributed by atoms with E-state index in [1.54, 1.807) is 11.3 Å². The molecule has 1 unspecified atom stereocenters. The van der Waals surface area contributed by atoms with Crippen LogP contribution in [0, 0.1) is 0 Å². The number of aryl methyl sites for hydroxylation is 1. The molecule has 0 spiro atoms. The number of amidine groups is 1. The smallest absolute Gasteiger partial charge is 0.316 e. The number of hydrogen-bond donors (Lipinski definition) is 1. The number of benzene rings is 1. The van der Waals surface area contributed by atoms with Crippen molar-refractivity contribution in [3.05, 3.63) is 52.2 Å². The predicted octanol–water partition coefficient (Wildman–Crippen LogP) is 0.485. The van der Waals surface area contributed by atoms with Crippen LogP contribution in [0.2, 0.25) is 0 Å². The van der Waals surface area contributed by atoms with Gasteiger partial charge in [0.2, 0.25) is 0 Å². The molecule has 0 bridgehead atoms. The fraction of sp³-hybridized carbons (Fsp3) is 0.389. The van der Waals surface area contributed by atoms with Gasteiger partial charge in [0.25, 0.3) is 5.72 Å². The third-order valence-electron chi connectivity index (χ3n) is 4.62. The number of hydrogen-bond acceptors (Lipinski definition) is 4. The maximum atomic E-state index is 11.4. The molecule has 3 heterocycles. The largest absolute Gasteiger partial charge is 1.00 e. The summed E-state index contributed by atoms with van der Waals surface area (Å²) in [5, 5.41) is 14.7. The highest BCUT2D eigenvalue weighted by Crippen LogP contribution is 2.39. The Bertz CT molecular complexity index is 730. The summed E-state index contributed by atoms with van der Waals surface area (Å²) in [6.45, 7) is 3.69. The molecule has 0 saturated heterocycles. The van der Waals surface area contributed by atoms with Crippen LogP contribution < -0.4 is 21.9 Å². The van der Waals surface area contributed by atoms with Crippen LogP contribution in [0.1, 0.15) is 23.8 Å². The Morgan fingerprint density at radius 2 is 2.04 bits per heavy atom. The van der Waals surface area contributed by atoms with Crippen molar-refractivity contribution in [3.63, 3.8) is 0 Å². The summed E-state index contributed by atoms with van der Waals surface area (Å²) in [5.74, 6) is 1.12. The topological polar surface area (TPSA) is 26.5 Å². The fourth-order valence-electron chi connectivity index (χ4n) is 3.33. The molecule has 2 aliphatic rings. The fourth-order valence-corrected chi connectivity index (χ4v) is 5.33. The zero-order chi connectivity index (χ0) is 15.9. The van der Waals surface area contributed by atoms with Crippen molar-refractivity contribution in [2.24, 2.45) is 0 Å². The number of aliphatic hydroxyl groups is 1. The maximum Gasteiger partial charge on any atom is 0.316 e. The van der Waals surface area contributed by atoms with Gasteiger partial charge in [0.15, 0.2) is 6.54 Å². The molecule has 128 valence electrons. The molecule has 4 rings (SSSR count). The van der Waals surface area contributed by atoms with E-state index >= 15 is 0 Å². The summed E-state index contributed by atoms with van der Waals surface area (Å²) >= 11 is 3.50. The number of halogens is 1. The summed E-state index contributed by atoms with van der Waals surface area (Å²) in [5.41, 5.74) is 1.61. The average Bonchev–Trinajstić information content (AvgIpc) is 3.23. The summed E-state index contributed by atoms with van der Waals surface area (Å²) in [6, 6.07) is 12.8. The number of nitrogens with zero attached hydrogens (tertiary/aromatic N) is 2. The van der Waals surface area contributed by atoms with Crippen molar-refractivity contribution in [2.75, 3.05) is 23.7 Å². The zero-order valence-electron chi connectivity index (χ0n) is 13.6. The second-order valence-corrected chi connectivity index (χ2v) is 8.05. The van der Waals surface area contributed by atoms with E-state index in [1.165, 1.54) is 16.4 Å². The van der Waals surface area contributed by atoms with Gasteiger partial charge in [-0.05, 0) is 53.7 Å². The van der Waals surface area contributed by atoms with Gasteiger partial charge in [-0.2, -0.15) is 0 Å². The van der Waals surface area contributed by atoms with Gasteiger partial charge in [0, 0.05) is 5.75 Å². The third kappa shape index (κ3) is 2.94. The van der Waals surface area contributed by atoms with E-state index in [-0.39, 0.29) is 17.0 Å². The molecule has 1 aromatic carbocycles. The lowest BCUT2D eigenvalue weighted by atomic mass is 10.1. The highest BCUT2D eigenvalue weighted by Gasteiger charge is 2.53. The summed E-state index contributed by atoms with van der Waals surface area (Å²) < 4.78 is 2.20. The molecule has 2 aliphatic heterocycles. The highest BCUT2D eigenvalue weighted by atomic mass is 79.9. The van der Waals surface area contributed by atoms with Crippen LogP contribution in [0.5, 0.6) is 0 Å². The summed E-state index contributed by atoms with van der Waals surface area (Å²) in [7, 11) is 0. The molecule has 0 saturated carbocycles. The van der Waals surface area contributed by atoms with Crippen LogP contribution in [0.4, 0.5) is 5.69 Å². The van der Waals surface area contributed by atoms with Gasteiger partial charge in [-0.3, -0.25) is 0 Å². The lowest BCUT2D eigenvalue weighted by Crippen LogP contribution is -3.00. The molecular formula is C18H21BrN2OS2. The molecule has 0 fully saturated rings. The van der Waals surface area contributed by atoms with Crippen molar-refractivity contribution in [3.8, 4) is 0 Å². The lowest BCUT2D eigenvalue weighted by Gasteiger charge is -2.22. The Hall–Kier alpha value is -0.820. The normalized spacial score (nSPS) is 23.2. The quantitative estimate of drug-likeness (QED) is 0.726. The Labute approximate surface area is 161 Å². The monoisotopic (exact) mass is 424 g/mol. The molecule has 0 amide bonds. The van der Waals surface area contributed by atoms with E-state index < -0.39 is 5.72 Å². The van der Waals surface area contributed by atoms with Gasteiger partial charge in [-0.25, -0.2) is 9.48 Å². The van der Waals surface area contributed by atoms with Crippen molar-refractivity contribution >= 4 is 34.0 Å². The molecule has 1 N–H and O–H groups in total. The van der Waals surface area contributed by atoms with Gasteiger partial charge < -0.3 is 22.1 Å². The van der Waals surface area contributed by atoms with Crippen LogP contribution in [-0.2, 0) is 12.1 Å². The third-order valence-corrected chi connectivity index (χ3v) is 6.82. The van der Waals surface area contributed by atoms with E-state index in [4.69, 9.17) is 0 Å². The van der Waals surface area contributed by atoms with E-state index in [2.05, 4.69) is 40.7 Å². The molecule has 1 atom stereocenters. The number of thioether (sulfide) groups is 1. The number of thiophene rings is 1. The first-order valence-electron chi connectivity index (χ1n) is 8.12. The molecule has 24 heavy (non-hydrogen) atoms. The highest BCUT2D eigenvalue weighted by molar-refractivity contribution is 8.13. The molecular weight excluding hydrogens is 404 g/mol. The lowest BCUT2D eigenvalue weighted by molar-refractivity contribution is -0.655. The Morgan fingerprint density at radius 1 is 1.25 bits per heavy atom. The second kappa shape index (κ2) is 7.20. The first kappa shape index (κ1) is 18.0. The number of β-amino-alcohol motifs (C(OH)–C–C–N with tert-alkyl or cyclic N) is 1. The minimum atomic E-state index is -0.902. The minimum absolute atomic E-state index is 0. The van der Waals surface area contributed by atoms with Gasteiger partial charge in [0.05, 0.1) is 11.4 Å². The van der Waals surface area contributed by atoms with Crippen LogP contribution in [-0.4, -0.2) is 33.7 Å².